The number of rotatable bonds is 3. The highest BCUT2D eigenvalue weighted by Gasteiger charge is 2.35. The second kappa shape index (κ2) is 4.28. The minimum absolute atomic E-state index is 0.0302. The van der Waals surface area contributed by atoms with Crippen LogP contribution in [0.4, 0.5) is 5.69 Å². The number of carbonyl (C=O) groups is 1. The Morgan fingerprint density at radius 2 is 2.29 bits per heavy atom. The number of carboxylic acids is 1. The SMILES string of the molecule is COc1cccc2c1N(C)CC2C(C)C(=O)O. The number of benzene rings is 1. The summed E-state index contributed by atoms with van der Waals surface area (Å²) in [7, 11) is 3.60. The molecule has 2 atom stereocenters. The molecule has 0 bridgehead atoms. The number of likely N-dealkylation sites (N-methyl/N-ethyl adjacent to an activating group) is 1. The fraction of sp³-hybridized carbons (Fsp3) is 0.462. The van der Waals surface area contributed by atoms with Gasteiger partial charge in [0, 0.05) is 19.5 Å². The summed E-state index contributed by atoms with van der Waals surface area (Å²) in [5.74, 6) is -0.294. The van der Waals surface area contributed by atoms with Gasteiger partial charge < -0.3 is 14.7 Å². The zero-order valence-corrected chi connectivity index (χ0v) is 10.3. The van der Waals surface area contributed by atoms with E-state index in [1.165, 1.54) is 0 Å². The van der Waals surface area contributed by atoms with Gasteiger partial charge in [0.05, 0.1) is 18.7 Å². The molecular formula is C13H17NO3. The summed E-state index contributed by atoms with van der Waals surface area (Å²) in [6, 6.07) is 5.81. The predicted octanol–water partition coefficient (Wildman–Crippen LogP) is 1.95. The first kappa shape index (κ1) is 11.8. The van der Waals surface area contributed by atoms with Gasteiger partial charge in [-0.25, -0.2) is 0 Å². The number of fused-ring (bicyclic) bond motifs is 1. The van der Waals surface area contributed by atoms with Gasteiger partial charge in [0.1, 0.15) is 5.75 Å². The Morgan fingerprint density at radius 1 is 1.59 bits per heavy atom. The molecule has 0 fully saturated rings. The molecule has 0 radical (unpaired) electrons. The highest BCUT2D eigenvalue weighted by Crippen LogP contribution is 2.44. The first-order chi connectivity index (χ1) is 8.06. The van der Waals surface area contributed by atoms with Crippen LogP contribution in [0.15, 0.2) is 18.2 Å². The Labute approximate surface area is 101 Å². The summed E-state index contributed by atoms with van der Waals surface area (Å²) in [6.07, 6.45) is 0. The molecule has 0 saturated heterocycles. The van der Waals surface area contributed by atoms with Crippen molar-refractivity contribution < 1.29 is 14.6 Å². The monoisotopic (exact) mass is 235 g/mol. The Balaban J connectivity index is 2.44. The van der Waals surface area contributed by atoms with Gasteiger partial charge in [-0.15, -0.1) is 0 Å². The Bertz CT molecular complexity index is 444. The molecule has 92 valence electrons. The molecule has 0 aromatic heterocycles. The minimum atomic E-state index is -0.751. The van der Waals surface area contributed by atoms with Gasteiger partial charge in [0.25, 0.3) is 0 Å². The zero-order valence-electron chi connectivity index (χ0n) is 10.3. The Hall–Kier alpha value is -1.71. The van der Waals surface area contributed by atoms with Gasteiger partial charge in [-0.2, -0.15) is 0 Å². The van der Waals surface area contributed by atoms with E-state index in [1.54, 1.807) is 14.0 Å². The number of carboxylic acid groups (broad SMARTS) is 1. The summed E-state index contributed by atoms with van der Waals surface area (Å²) in [4.78, 5) is 13.2. The van der Waals surface area contributed by atoms with Gasteiger partial charge in [0.2, 0.25) is 0 Å². The van der Waals surface area contributed by atoms with Crippen molar-refractivity contribution in [3.8, 4) is 5.75 Å². The number of methoxy groups -OCH3 is 1. The number of hydrogen-bond donors (Lipinski definition) is 1. The van der Waals surface area contributed by atoms with Gasteiger partial charge in [-0.3, -0.25) is 4.79 Å². The molecule has 4 heteroatoms. The minimum Gasteiger partial charge on any atom is -0.495 e. The van der Waals surface area contributed by atoms with Crippen molar-refractivity contribution in [3.63, 3.8) is 0 Å². The summed E-state index contributed by atoms with van der Waals surface area (Å²) in [5, 5.41) is 9.13. The maximum atomic E-state index is 11.1. The number of ether oxygens (including phenoxy) is 1. The molecule has 1 aromatic rings. The normalized spacial score (nSPS) is 19.9. The van der Waals surface area contributed by atoms with Crippen LogP contribution in [0.25, 0.3) is 0 Å². The van der Waals surface area contributed by atoms with E-state index in [9.17, 15) is 4.79 Å². The van der Waals surface area contributed by atoms with E-state index < -0.39 is 5.97 Å². The molecule has 2 unspecified atom stereocenters. The van der Waals surface area contributed by atoms with E-state index in [4.69, 9.17) is 9.84 Å². The Kier molecular flexibility index (Phi) is 2.96. The van der Waals surface area contributed by atoms with E-state index in [0.717, 1.165) is 23.5 Å². The average Bonchev–Trinajstić information content (AvgIpc) is 2.66. The smallest absolute Gasteiger partial charge is 0.306 e. The zero-order chi connectivity index (χ0) is 12.6. The Morgan fingerprint density at radius 3 is 2.88 bits per heavy atom. The van der Waals surface area contributed by atoms with E-state index in [0.29, 0.717) is 0 Å². The standard InChI is InChI=1S/C13H17NO3/c1-8(13(15)16)10-7-14(2)12-9(10)5-4-6-11(12)17-3/h4-6,8,10H,7H2,1-3H3,(H,15,16). The predicted molar refractivity (Wildman–Crippen MR) is 65.8 cm³/mol. The first-order valence-electron chi connectivity index (χ1n) is 5.67. The van der Waals surface area contributed by atoms with Crippen LogP contribution in [0.1, 0.15) is 18.4 Å². The van der Waals surface area contributed by atoms with Crippen LogP contribution in [0, 0.1) is 5.92 Å². The lowest BCUT2D eigenvalue weighted by Gasteiger charge is -2.16. The molecule has 1 aliphatic heterocycles. The summed E-state index contributed by atoms with van der Waals surface area (Å²) >= 11 is 0. The topological polar surface area (TPSA) is 49.8 Å². The third kappa shape index (κ3) is 1.84. The molecule has 0 spiro atoms. The molecule has 0 saturated carbocycles. The van der Waals surface area contributed by atoms with E-state index in [1.807, 2.05) is 25.2 Å². The number of nitrogens with zero attached hydrogens (tertiary/aromatic N) is 1. The van der Waals surface area contributed by atoms with Crippen molar-refractivity contribution in [1.82, 2.24) is 0 Å². The van der Waals surface area contributed by atoms with Crippen molar-refractivity contribution >= 4 is 11.7 Å². The second-order valence-corrected chi connectivity index (χ2v) is 4.51. The van der Waals surface area contributed by atoms with Crippen molar-refractivity contribution in [2.45, 2.75) is 12.8 Å². The van der Waals surface area contributed by atoms with E-state index in [2.05, 4.69) is 4.90 Å². The van der Waals surface area contributed by atoms with Crippen molar-refractivity contribution in [3.05, 3.63) is 23.8 Å². The lowest BCUT2D eigenvalue weighted by atomic mass is 9.89. The maximum Gasteiger partial charge on any atom is 0.306 e. The quantitative estimate of drug-likeness (QED) is 0.870. The van der Waals surface area contributed by atoms with Crippen LogP contribution in [0.3, 0.4) is 0 Å². The summed E-state index contributed by atoms with van der Waals surface area (Å²) in [6.45, 7) is 2.48. The van der Waals surface area contributed by atoms with Crippen molar-refractivity contribution in [2.75, 3.05) is 25.6 Å². The van der Waals surface area contributed by atoms with Crippen LogP contribution < -0.4 is 9.64 Å². The lowest BCUT2D eigenvalue weighted by Crippen LogP contribution is -2.23. The van der Waals surface area contributed by atoms with Crippen LogP contribution >= 0.6 is 0 Å². The average molecular weight is 235 g/mol. The molecular weight excluding hydrogens is 218 g/mol. The van der Waals surface area contributed by atoms with Gasteiger partial charge in [0.15, 0.2) is 0 Å². The number of para-hydroxylation sites is 1. The number of anilines is 1. The second-order valence-electron chi connectivity index (χ2n) is 4.51. The number of aliphatic carboxylic acids is 1. The van der Waals surface area contributed by atoms with E-state index >= 15 is 0 Å². The van der Waals surface area contributed by atoms with Crippen LogP contribution in [0.2, 0.25) is 0 Å². The van der Waals surface area contributed by atoms with E-state index in [-0.39, 0.29) is 11.8 Å². The summed E-state index contributed by atoms with van der Waals surface area (Å²) in [5.41, 5.74) is 2.09. The third-order valence-electron chi connectivity index (χ3n) is 3.49. The first-order valence-corrected chi connectivity index (χ1v) is 5.67. The molecule has 1 N–H and O–H groups in total. The molecule has 0 aliphatic carbocycles. The van der Waals surface area contributed by atoms with Gasteiger partial charge >= 0.3 is 5.97 Å². The number of hydrogen-bond acceptors (Lipinski definition) is 3. The molecule has 17 heavy (non-hydrogen) atoms. The summed E-state index contributed by atoms with van der Waals surface area (Å²) < 4.78 is 5.33. The maximum absolute atomic E-state index is 11.1. The molecule has 1 heterocycles. The van der Waals surface area contributed by atoms with Gasteiger partial charge in [-0.1, -0.05) is 19.1 Å². The molecule has 0 amide bonds. The molecule has 1 aliphatic rings. The fourth-order valence-corrected chi connectivity index (χ4v) is 2.50. The molecule has 1 aromatic carbocycles. The van der Waals surface area contributed by atoms with Crippen LogP contribution in [0.5, 0.6) is 5.75 Å². The van der Waals surface area contributed by atoms with Crippen LogP contribution in [-0.4, -0.2) is 31.8 Å². The van der Waals surface area contributed by atoms with Crippen molar-refractivity contribution in [2.24, 2.45) is 5.92 Å². The molecule has 4 nitrogen and oxygen atoms in total. The molecule has 2 rings (SSSR count). The third-order valence-corrected chi connectivity index (χ3v) is 3.49. The van der Waals surface area contributed by atoms with Crippen LogP contribution in [-0.2, 0) is 4.79 Å². The van der Waals surface area contributed by atoms with Crippen molar-refractivity contribution in [1.29, 1.82) is 0 Å². The van der Waals surface area contributed by atoms with Gasteiger partial charge in [-0.05, 0) is 11.6 Å². The fourth-order valence-electron chi connectivity index (χ4n) is 2.50. The highest BCUT2D eigenvalue weighted by atomic mass is 16.5. The lowest BCUT2D eigenvalue weighted by molar-refractivity contribution is -0.141. The highest BCUT2D eigenvalue weighted by molar-refractivity contribution is 5.75. The largest absolute Gasteiger partial charge is 0.495 e.